The summed E-state index contributed by atoms with van der Waals surface area (Å²) < 4.78 is 5.57. The van der Waals surface area contributed by atoms with Crippen LogP contribution in [-0.4, -0.2) is 44.3 Å². The van der Waals surface area contributed by atoms with Gasteiger partial charge in [-0.3, -0.25) is 4.90 Å². The second-order valence-electron chi connectivity index (χ2n) is 6.19. The Morgan fingerprint density at radius 1 is 1.14 bits per heavy atom. The molecule has 0 aromatic heterocycles. The van der Waals surface area contributed by atoms with E-state index in [1.165, 1.54) is 22.3 Å². The molecule has 1 atom stereocenters. The van der Waals surface area contributed by atoms with Crippen molar-refractivity contribution in [3.05, 3.63) is 34.4 Å². The third kappa shape index (κ3) is 4.53. The van der Waals surface area contributed by atoms with Gasteiger partial charge in [0.05, 0.1) is 6.61 Å². The zero-order valence-corrected chi connectivity index (χ0v) is 14.0. The lowest BCUT2D eigenvalue weighted by Gasteiger charge is -2.29. The molecule has 1 heterocycles. The van der Waals surface area contributed by atoms with Gasteiger partial charge in [-0.1, -0.05) is 24.6 Å². The summed E-state index contributed by atoms with van der Waals surface area (Å²) in [5.74, 6) is 0. The van der Waals surface area contributed by atoms with Crippen molar-refractivity contribution in [2.45, 2.75) is 40.2 Å². The summed E-state index contributed by atoms with van der Waals surface area (Å²) in [5.41, 5.74) is 5.65. The van der Waals surface area contributed by atoms with Gasteiger partial charge < -0.3 is 10.1 Å². The second kappa shape index (κ2) is 7.92. The summed E-state index contributed by atoms with van der Waals surface area (Å²) >= 11 is 0. The molecule has 0 spiro atoms. The number of nitrogens with one attached hydrogen (secondary N) is 1. The minimum Gasteiger partial charge on any atom is -0.380 e. The fraction of sp³-hybridized carbons (Fsp3) is 0.667. The molecule has 1 fully saturated rings. The highest BCUT2D eigenvalue weighted by atomic mass is 16.5. The Morgan fingerprint density at radius 2 is 1.86 bits per heavy atom. The summed E-state index contributed by atoms with van der Waals surface area (Å²) in [6.07, 6.45) is 1.14. The van der Waals surface area contributed by atoms with Crippen molar-refractivity contribution < 1.29 is 4.74 Å². The molecular weight excluding hydrogens is 260 g/mol. The van der Waals surface area contributed by atoms with Crippen LogP contribution in [0.5, 0.6) is 0 Å². The SMILES string of the molecule is CCNC(CN1CCCOCC1)c1c(C)cc(C)cc1C. The Kier molecular flexibility index (Phi) is 6.22. The van der Waals surface area contributed by atoms with Crippen molar-refractivity contribution in [3.63, 3.8) is 0 Å². The molecule has 1 N–H and O–H groups in total. The normalized spacial score (nSPS) is 18.5. The molecule has 0 bridgehead atoms. The molecule has 2 rings (SSSR count). The maximum absolute atomic E-state index is 5.57. The highest BCUT2D eigenvalue weighted by Gasteiger charge is 2.20. The van der Waals surface area contributed by atoms with Crippen LogP contribution in [0.2, 0.25) is 0 Å². The lowest BCUT2D eigenvalue weighted by Crippen LogP contribution is -2.37. The van der Waals surface area contributed by atoms with Crippen molar-refractivity contribution in [1.29, 1.82) is 0 Å². The van der Waals surface area contributed by atoms with Crippen molar-refractivity contribution >= 4 is 0 Å². The molecule has 1 aliphatic heterocycles. The van der Waals surface area contributed by atoms with Crippen molar-refractivity contribution in [1.82, 2.24) is 10.2 Å². The molecule has 0 amide bonds. The molecule has 21 heavy (non-hydrogen) atoms. The molecule has 0 aliphatic carbocycles. The van der Waals surface area contributed by atoms with Gasteiger partial charge in [-0.05, 0) is 50.4 Å². The van der Waals surface area contributed by atoms with Gasteiger partial charge in [0.2, 0.25) is 0 Å². The first kappa shape index (κ1) is 16.5. The van der Waals surface area contributed by atoms with Crippen LogP contribution in [0.4, 0.5) is 0 Å². The summed E-state index contributed by atoms with van der Waals surface area (Å²) in [7, 11) is 0. The van der Waals surface area contributed by atoms with Crippen LogP contribution >= 0.6 is 0 Å². The molecule has 118 valence electrons. The number of hydrogen-bond acceptors (Lipinski definition) is 3. The molecule has 1 unspecified atom stereocenters. The van der Waals surface area contributed by atoms with Gasteiger partial charge in [0, 0.05) is 32.3 Å². The average Bonchev–Trinajstić information content (AvgIpc) is 2.66. The predicted octanol–water partition coefficient (Wildman–Crippen LogP) is 2.98. The minimum atomic E-state index is 0.411. The van der Waals surface area contributed by atoms with E-state index in [4.69, 9.17) is 4.74 Å². The first-order chi connectivity index (χ1) is 10.1. The van der Waals surface area contributed by atoms with Gasteiger partial charge in [-0.2, -0.15) is 0 Å². The van der Waals surface area contributed by atoms with Crippen LogP contribution in [0.3, 0.4) is 0 Å². The van der Waals surface area contributed by atoms with Crippen molar-refractivity contribution in [2.24, 2.45) is 0 Å². The van der Waals surface area contributed by atoms with Gasteiger partial charge in [-0.25, -0.2) is 0 Å². The molecule has 0 saturated carbocycles. The zero-order chi connectivity index (χ0) is 15.2. The van der Waals surface area contributed by atoms with Crippen LogP contribution in [0.1, 0.15) is 41.6 Å². The van der Waals surface area contributed by atoms with Gasteiger partial charge in [0.25, 0.3) is 0 Å². The third-order valence-electron chi connectivity index (χ3n) is 4.29. The van der Waals surface area contributed by atoms with E-state index in [-0.39, 0.29) is 0 Å². The highest BCUT2D eigenvalue weighted by Crippen LogP contribution is 2.24. The number of aryl methyl sites for hydroxylation is 3. The molecule has 3 nitrogen and oxygen atoms in total. The van der Waals surface area contributed by atoms with Gasteiger partial charge >= 0.3 is 0 Å². The Hall–Kier alpha value is -0.900. The van der Waals surface area contributed by atoms with E-state index in [1.807, 2.05) is 0 Å². The number of rotatable bonds is 5. The fourth-order valence-electron chi connectivity index (χ4n) is 3.48. The van der Waals surface area contributed by atoms with E-state index in [0.717, 1.165) is 45.8 Å². The molecule has 3 heteroatoms. The van der Waals surface area contributed by atoms with E-state index in [0.29, 0.717) is 6.04 Å². The summed E-state index contributed by atoms with van der Waals surface area (Å²) in [4.78, 5) is 2.54. The summed E-state index contributed by atoms with van der Waals surface area (Å²) in [6, 6.07) is 5.02. The van der Waals surface area contributed by atoms with Gasteiger partial charge in [0.15, 0.2) is 0 Å². The predicted molar refractivity (Wildman–Crippen MR) is 88.9 cm³/mol. The van der Waals surface area contributed by atoms with Crippen molar-refractivity contribution in [3.8, 4) is 0 Å². The lowest BCUT2D eigenvalue weighted by atomic mass is 9.93. The van der Waals surface area contributed by atoms with Crippen LogP contribution in [0, 0.1) is 20.8 Å². The first-order valence-corrected chi connectivity index (χ1v) is 8.23. The van der Waals surface area contributed by atoms with E-state index >= 15 is 0 Å². The standard InChI is InChI=1S/C18H30N2O/c1-5-19-17(13-20-7-6-9-21-10-8-20)18-15(3)11-14(2)12-16(18)4/h11-12,17,19H,5-10,13H2,1-4H3. The Morgan fingerprint density at radius 3 is 2.52 bits per heavy atom. The number of ether oxygens (including phenoxy) is 1. The number of hydrogen-bond donors (Lipinski definition) is 1. The molecule has 1 aromatic rings. The van der Waals surface area contributed by atoms with Crippen LogP contribution in [-0.2, 0) is 4.74 Å². The number of likely N-dealkylation sites (N-methyl/N-ethyl adjacent to an activating group) is 1. The minimum absolute atomic E-state index is 0.411. The van der Waals surface area contributed by atoms with Crippen LogP contribution < -0.4 is 5.32 Å². The Bertz CT molecular complexity index is 428. The van der Waals surface area contributed by atoms with E-state index in [2.05, 4.69) is 50.0 Å². The molecule has 1 aliphatic rings. The molecule has 0 radical (unpaired) electrons. The van der Waals surface area contributed by atoms with Crippen LogP contribution in [0.15, 0.2) is 12.1 Å². The molecule has 1 aromatic carbocycles. The quantitative estimate of drug-likeness (QED) is 0.902. The number of benzene rings is 1. The van der Waals surface area contributed by atoms with E-state index in [1.54, 1.807) is 0 Å². The van der Waals surface area contributed by atoms with E-state index < -0.39 is 0 Å². The fourth-order valence-corrected chi connectivity index (χ4v) is 3.48. The summed E-state index contributed by atoms with van der Waals surface area (Å²) in [6.45, 7) is 14.9. The zero-order valence-electron chi connectivity index (χ0n) is 14.0. The summed E-state index contributed by atoms with van der Waals surface area (Å²) in [5, 5.41) is 3.69. The molecule has 1 saturated heterocycles. The maximum atomic E-state index is 5.57. The Labute approximate surface area is 129 Å². The van der Waals surface area contributed by atoms with Gasteiger partial charge in [0.1, 0.15) is 0 Å². The maximum Gasteiger partial charge on any atom is 0.0593 e. The topological polar surface area (TPSA) is 24.5 Å². The Balaban J connectivity index is 2.18. The number of nitrogens with zero attached hydrogens (tertiary/aromatic N) is 1. The highest BCUT2D eigenvalue weighted by molar-refractivity contribution is 5.39. The lowest BCUT2D eigenvalue weighted by molar-refractivity contribution is 0.139. The van der Waals surface area contributed by atoms with Gasteiger partial charge in [-0.15, -0.1) is 0 Å². The monoisotopic (exact) mass is 290 g/mol. The largest absolute Gasteiger partial charge is 0.380 e. The third-order valence-corrected chi connectivity index (χ3v) is 4.29. The van der Waals surface area contributed by atoms with Crippen LogP contribution in [0.25, 0.3) is 0 Å². The molecular formula is C18H30N2O. The first-order valence-electron chi connectivity index (χ1n) is 8.23. The second-order valence-corrected chi connectivity index (χ2v) is 6.19. The van der Waals surface area contributed by atoms with Crippen molar-refractivity contribution in [2.75, 3.05) is 39.4 Å². The van der Waals surface area contributed by atoms with E-state index in [9.17, 15) is 0 Å². The smallest absolute Gasteiger partial charge is 0.0593 e. The average molecular weight is 290 g/mol.